The minimum Gasteiger partial charge on any atom is -0.497 e. The topological polar surface area (TPSA) is 37.2 Å². The minimum absolute atomic E-state index is 0.104. The molecule has 0 radical (unpaired) electrons. The van der Waals surface area contributed by atoms with Gasteiger partial charge in [-0.25, -0.2) is 0 Å². The maximum Gasteiger partial charge on any atom is 0.218 e. The van der Waals surface area contributed by atoms with Crippen LogP contribution in [0.3, 0.4) is 0 Å². The first-order chi connectivity index (χ1) is 7.76. The molecule has 0 spiro atoms. The van der Waals surface area contributed by atoms with Crippen LogP contribution in [0.2, 0.25) is 0 Å². The Morgan fingerprint density at radius 1 is 1.50 bits per heavy atom. The first-order valence-electron chi connectivity index (χ1n) is 5.11. The van der Waals surface area contributed by atoms with E-state index in [2.05, 4.69) is 10.2 Å². The van der Waals surface area contributed by atoms with E-state index in [-0.39, 0.29) is 6.17 Å². The predicted octanol–water partition coefficient (Wildman–Crippen LogP) is 2.77. The number of ether oxygens (including phenoxy) is 1. The quantitative estimate of drug-likeness (QED) is 0.756. The van der Waals surface area contributed by atoms with Crippen molar-refractivity contribution >= 4 is 17.3 Å². The van der Waals surface area contributed by atoms with Crippen molar-refractivity contribution < 1.29 is 4.74 Å². The number of nitrogens with zero attached hydrogens (tertiary/aromatic N) is 3. The number of thiocarbonyl (C=S) groups is 1. The summed E-state index contributed by atoms with van der Waals surface area (Å²) >= 11 is 5.11. The molecular weight excluding hydrogens is 222 g/mol. The lowest BCUT2D eigenvalue weighted by atomic mass is 10.1. The van der Waals surface area contributed by atoms with Crippen LogP contribution >= 0.6 is 12.2 Å². The van der Waals surface area contributed by atoms with E-state index in [0.29, 0.717) is 5.11 Å². The van der Waals surface area contributed by atoms with Crippen LogP contribution in [0.5, 0.6) is 5.75 Å². The summed E-state index contributed by atoms with van der Waals surface area (Å²) in [4.78, 5) is 1.98. The number of methoxy groups -OCH3 is 1. The smallest absolute Gasteiger partial charge is 0.218 e. The van der Waals surface area contributed by atoms with E-state index in [1.54, 1.807) is 7.11 Å². The van der Waals surface area contributed by atoms with Gasteiger partial charge in [-0.15, -0.1) is 5.11 Å². The van der Waals surface area contributed by atoms with Gasteiger partial charge in [-0.3, -0.25) is 0 Å². The van der Waals surface area contributed by atoms with Crippen molar-refractivity contribution in [2.45, 2.75) is 13.1 Å². The van der Waals surface area contributed by atoms with Crippen molar-refractivity contribution in [2.24, 2.45) is 10.2 Å². The van der Waals surface area contributed by atoms with Gasteiger partial charge < -0.3 is 9.64 Å². The van der Waals surface area contributed by atoms with E-state index < -0.39 is 0 Å². The maximum atomic E-state index is 5.19. The lowest BCUT2D eigenvalue weighted by Gasteiger charge is -2.21. The molecule has 1 atom stereocenters. The van der Waals surface area contributed by atoms with Crippen molar-refractivity contribution in [2.75, 3.05) is 13.7 Å². The normalized spacial score (nSPS) is 19.2. The Morgan fingerprint density at radius 3 is 3.00 bits per heavy atom. The molecule has 1 unspecified atom stereocenters. The second-order valence-corrected chi connectivity index (χ2v) is 3.80. The molecule has 1 aliphatic rings. The van der Waals surface area contributed by atoms with Gasteiger partial charge in [-0.05, 0) is 31.3 Å². The Hall–Kier alpha value is -1.49. The molecule has 0 fully saturated rings. The van der Waals surface area contributed by atoms with E-state index >= 15 is 0 Å². The molecule has 4 nitrogen and oxygen atoms in total. The zero-order valence-corrected chi connectivity index (χ0v) is 10.1. The fraction of sp³-hybridized carbons (Fsp3) is 0.364. The summed E-state index contributed by atoms with van der Waals surface area (Å²) in [7, 11) is 1.65. The Bertz CT molecular complexity index is 433. The van der Waals surface area contributed by atoms with E-state index in [1.807, 2.05) is 36.1 Å². The van der Waals surface area contributed by atoms with Gasteiger partial charge in [0.25, 0.3) is 0 Å². The Morgan fingerprint density at radius 2 is 2.31 bits per heavy atom. The van der Waals surface area contributed by atoms with Gasteiger partial charge in [-0.1, -0.05) is 12.1 Å². The average Bonchev–Trinajstić information content (AvgIpc) is 2.70. The fourth-order valence-electron chi connectivity index (χ4n) is 1.69. The van der Waals surface area contributed by atoms with E-state index in [1.165, 1.54) is 0 Å². The van der Waals surface area contributed by atoms with Gasteiger partial charge >= 0.3 is 0 Å². The molecule has 1 aromatic carbocycles. The molecule has 0 saturated heterocycles. The van der Waals surface area contributed by atoms with Crippen molar-refractivity contribution in [1.29, 1.82) is 0 Å². The molecule has 84 valence electrons. The van der Waals surface area contributed by atoms with Crippen molar-refractivity contribution in [3.63, 3.8) is 0 Å². The second-order valence-electron chi connectivity index (χ2n) is 3.43. The minimum atomic E-state index is -0.104. The lowest BCUT2D eigenvalue weighted by Crippen LogP contribution is -2.26. The molecule has 0 N–H and O–H groups in total. The molecule has 0 aromatic heterocycles. The zero-order chi connectivity index (χ0) is 11.5. The van der Waals surface area contributed by atoms with Crippen LogP contribution < -0.4 is 4.74 Å². The summed E-state index contributed by atoms with van der Waals surface area (Å²) < 4.78 is 5.19. The number of hydrogen-bond acceptors (Lipinski definition) is 3. The van der Waals surface area contributed by atoms with Crippen molar-refractivity contribution in [3.8, 4) is 5.75 Å². The van der Waals surface area contributed by atoms with E-state index in [9.17, 15) is 0 Å². The Labute approximate surface area is 99.9 Å². The standard InChI is InChI=1S/C11H13N3OS/c1-3-14-10(12-13-11(14)16)8-5-4-6-9(7-8)15-2/h4-7,10H,3H2,1-2H3. The first-order valence-corrected chi connectivity index (χ1v) is 5.52. The molecule has 0 amide bonds. The summed E-state index contributed by atoms with van der Waals surface area (Å²) in [6.45, 7) is 2.84. The Balaban J connectivity index is 2.30. The van der Waals surface area contributed by atoms with Gasteiger partial charge in [0.15, 0.2) is 6.17 Å². The lowest BCUT2D eigenvalue weighted by molar-refractivity contribution is 0.361. The van der Waals surface area contributed by atoms with Crippen molar-refractivity contribution in [1.82, 2.24) is 4.90 Å². The van der Waals surface area contributed by atoms with Crippen LogP contribution in [0.4, 0.5) is 0 Å². The molecule has 0 bridgehead atoms. The summed E-state index contributed by atoms with van der Waals surface area (Å²) in [5.41, 5.74) is 1.05. The summed E-state index contributed by atoms with van der Waals surface area (Å²) in [5, 5.41) is 8.66. The third kappa shape index (κ3) is 1.90. The zero-order valence-electron chi connectivity index (χ0n) is 9.25. The van der Waals surface area contributed by atoms with Crippen molar-refractivity contribution in [3.05, 3.63) is 29.8 Å². The molecule has 1 heterocycles. The third-order valence-corrected chi connectivity index (χ3v) is 2.84. The SMILES string of the molecule is CCN1C(=S)N=NC1c1cccc(OC)c1. The highest BCUT2D eigenvalue weighted by molar-refractivity contribution is 7.80. The monoisotopic (exact) mass is 235 g/mol. The number of azo groups is 1. The predicted molar refractivity (Wildman–Crippen MR) is 65.6 cm³/mol. The summed E-state index contributed by atoms with van der Waals surface area (Å²) in [6.07, 6.45) is -0.104. The molecule has 5 heteroatoms. The highest BCUT2D eigenvalue weighted by Crippen LogP contribution is 2.30. The largest absolute Gasteiger partial charge is 0.497 e. The maximum absolute atomic E-state index is 5.19. The molecular formula is C11H13N3OS. The molecule has 1 aromatic rings. The van der Waals surface area contributed by atoms with Gasteiger partial charge in [0.05, 0.1) is 7.11 Å². The first kappa shape index (κ1) is 11.0. The van der Waals surface area contributed by atoms with Gasteiger partial charge in [0.1, 0.15) is 5.75 Å². The van der Waals surface area contributed by atoms with Crippen LogP contribution in [0.15, 0.2) is 34.5 Å². The average molecular weight is 235 g/mol. The van der Waals surface area contributed by atoms with Gasteiger partial charge in [-0.2, -0.15) is 5.11 Å². The fourth-order valence-corrected chi connectivity index (χ4v) is 1.96. The Kier molecular flexibility index (Phi) is 3.14. The van der Waals surface area contributed by atoms with Gasteiger partial charge in [0, 0.05) is 12.1 Å². The molecule has 0 aliphatic carbocycles. The molecule has 0 saturated carbocycles. The van der Waals surface area contributed by atoms with Crippen LogP contribution in [0.25, 0.3) is 0 Å². The van der Waals surface area contributed by atoms with E-state index in [0.717, 1.165) is 17.9 Å². The summed E-state index contributed by atoms with van der Waals surface area (Å²) in [6, 6.07) is 7.81. The van der Waals surface area contributed by atoms with Crippen LogP contribution in [-0.4, -0.2) is 23.7 Å². The van der Waals surface area contributed by atoms with Crippen LogP contribution in [0, 0.1) is 0 Å². The highest BCUT2D eigenvalue weighted by atomic mass is 32.1. The number of hydrogen-bond donors (Lipinski definition) is 0. The number of rotatable bonds is 3. The van der Waals surface area contributed by atoms with Crippen LogP contribution in [-0.2, 0) is 0 Å². The molecule has 2 rings (SSSR count). The second kappa shape index (κ2) is 4.57. The van der Waals surface area contributed by atoms with Gasteiger partial charge in [0.2, 0.25) is 5.11 Å². The highest BCUT2D eigenvalue weighted by Gasteiger charge is 2.26. The summed E-state index contributed by atoms with van der Waals surface area (Å²) in [5.74, 6) is 0.821. The third-order valence-electron chi connectivity index (χ3n) is 2.53. The molecule has 1 aliphatic heterocycles. The number of benzene rings is 1. The van der Waals surface area contributed by atoms with Crippen LogP contribution in [0.1, 0.15) is 18.7 Å². The van der Waals surface area contributed by atoms with E-state index in [4.69, 9.17) is 17.0 Å². The molecule has 16 heavy (non-hydrogen) atoms.